The van der Waals surface area contributed by atoms with Crippen molar-refractivity contribution in [2.75, 3.05) is 39.1 Å². The van der Waals surface area contributed by atoms with E-state index in [0.717, 1.165) is 11.2 Å². The minimum absolute atomic E-state index is 0.0595. The standard InChI is InChI=1S/C30H37N3O10S2/c1-3-31-18-27(28(35)25-9-4-5-10-26(25)31)45(40,41)32-13-11-30(12-14-32)16-21(19-43-30)33(29(36)37)17-22(34)20-42-23-7-6-8-24(15-23)44(2,38)39/h4-10,15,18,21-22,34H,3,11-14,16-17,19-20H2,1-2H3,(H,36,37)/t21-,22+/m0/s1. The highest BCUT2D eigenvalue weighted by Gasteiger charge is 2.47. The third-order valence-corrected chi connectivity index (χ3v) is 11.5. The van der Waals surface area contributed by atoms with Crippen molar-refractivity contribution in [3.63, 3.8) is 0 Å². The average molecular weight is 664 g/mol. The smallest absolute Gasteiger partial charge is 0.407 e. The van der Waals surface area contributed by atoms with Gasteiger partial charge < -0.3 is 29.2 Å². The van der Waals surface area contributed by atoms with Gasteiger partial charge in [-0.25, -0.2) is 21.6 Å². The summed E-state index contributed by atoms with van der Waals surface area (Å²) >= 11 is 0. The van der Waals surface area contributed by atoms with Crippen LogP contribution in [0.1, 0.15) is 26.2 Å². The van der Waals surface area contributed by atoms with Gasteiger partial charge in [-0.2, -0.15) is 4.31 Å². The Morgan fingerprint density at radius 3 is 2.51 bits per heavy atom. The summed E-state index contributed by atoms with van der Waals surface area (Å²) in [6.07, 6.45) is 0.953. The highest BCUT2D eigenvalue weighted by Crippen LogP contribution is 2.39. The molecule has 1 aromatic heterocycles. The lowest BCUT2D eigenvalue weighted by atomic mass is 9.88. The fourth-order valence-corrected chi connectivity index (χ4v) is 8.26. The number of sulfone groups is 1. The predicted molar refractivity (Wildman–Crippen MR) is 165 cm³/mol. The molecule has 2 N–H and O–H groups in total. The molecule has 3 aromatic rings. The molecule has 45 heavy (non-hydrogen) atoms. The third kappa shape index (κ3) is 6.87. The molecule has 0 saturated carbocycles. The van der Waals surface area contributed by atoms with E-state index < -0.39 is 49.1 Å². The number of rotatable bonds is 10. The largest absolute Gasteiger partial charge is 0.491 e. The fourth-order valence-electron chi connectivity index (χ4n) is 6.06. The Kier molecular flexibility index (Phi) is 9.29. The van der Waals surface area contributed by atoms with Gasteiger partial charge in [0.2, 0.25) is 15.5 Å². The molecule has 15 heteroatoms. The maximum atomic E-state index is 13.7. The van der Waals surface area contributed by atoms with E-state index >= 15 is 0 Å². The molecule has 244 valence electrons. The van der Waals surface area contributed by atoms with E-state index in [-0.39, 0.29) is 48.4 Å². The highest BCUT2D eigenvalue weighted by molar-refractivity contribution is 7.90. The van der Waals surface area contributed by atoms with Crippen LogP contribution in [0.4, 0.5) is 4.79 Å². The summed E-state index contributed by atoms with van der Waals surface area (Å²) in [5, 5.41) is 20.9. The van der Waals surface area contributed by atoms with E-state index in [1.807, 2.05) is 6.92 Å². The maximum absolute atomic E-state index is 13.7. The van der Waals surface area contributed by atoms with Crippen molar-refractivity contribution < 1.29 is 41.3 Å². The van der Waals surface area contributed by atoms with E-state index in [2.05, 4.69) is 0 Å². The van der Waals surface area contributed by atoms with Gasteiger partial charge >= 0.3 is 6.09 Å². The molecule has 1 amide bonds. The Balaban J connectivity index is 1.22. The van der Waals surface area contributed by atoms with Crippen LogP contribution < -0.4 is 10.2 Å². The number of amides is 1. The number of benzene rings is 2. The fraction of sp³-hybridized carbons (Fsp3) is 0.467. The van der Waals surface area contributed by atoms with E-state index in [9.17, 15) is 36.6 Å². The molecular weight excluding hydrogens is 626 g/mol. The number of aliphatic hydroxyl groups excluding tert-OH is 1. The molecule has 0 unspecified atom stereocenters. The molecule has 2 aliphatic heterocycles. The number of aryl methyl sites for hydroxylation is 1. The molecule has 3 heterocycles. The van der Waals surface area contributed by atoms with Gasteiger partial charge in [-0.15, -0.1) is 0 Å². The summed E-state index contributed by atoms with van der Waals surface area (Å²) in [6.45, 7) is 2.10. The summed E-state index contributed by atoms with van der Waals surface area (Å²) in [7, 11) is -7.55. The number of piperidine rings is 1. The number of hydrogen-bond donors (Lipinski definition) is 2. The number of para-hydroxylation sites is 1. The zero-order valence-corrected chi connectivity index (χ0v) is 26.7. The Morgan fingerprint density at radius 2 is 1.84 bits per heavy atom. The number of aromatic nitrogens is 1. The van der Waals surface area contributed by atoms with Crippen molar-refractivity contribution in [3.8, 4) is 5.75 Å². The number of fused-ring (bicyclic) bond motifs is 1. The number of ether oxygens (including phenoxy) is 2. The number of carbonyl (C=O) groups is 1. The second-order valence-corrected chi connectivity index (χ2v) is 15.5. The predicted octanol–water partition coefficient (Wildman–Crippen LogP) is 2.16. The first-order chi connectivity index (χ1) is 21.2. The van der Waals surface area contributed by atoms with Gasteiger partial charge in [0.05, 0.1) is 35.2 Å². The molecule has 2 fully saturated rings. The van der Waals surface area contributed by atoms with Crippen LogP contribution in [0.3, 0.4) is 0 Å². The average Bonchev–Trinajstić information content (AvgIpc) is 3.41. The van der Waals surface area contributed by atoms with Gasteiger partial charge in [-0.05, 0) is 56.5 Å². The van der Waals surface area contributed by atoms with E-state index in [1.54, 1.807) is 28.8 Å². The molecule has 0 aliphatic carbocycles. The number of hydrogen-bond acceptors (Lipinski definition) is 9. The van der Waals surface area contributed by atoms with Crippen molar-refractivity contribution >= 4 is 36.9 Å². The minimum atomic E-state index is -4.10. The topological polar surface area (TPSA) is 173 Å². The van der Waals surface area contributed by atoms with Gasteiger partial charge in [-0.3, -0.25) is 4.79 Å². The van der Waals surface area contributed by atoms with Crippen LogP contribution in [0.25, 0.3) is 10.9 Å². The van der Waals surface area contributed by atoms with Crippen LogP contribution in [0, 0.1) is 0 Å². The first kappa shape index (κ1) is 32.9. The van der Waals surface area contributed by atoms with Crippen molar-refractivity contribution in [2.45, 2.75) is 60.3 Å². The zero-order valence-electron chi connectivity index (χ0n) is 25.0. The van der Waals surface area contributed by atoms with Crippen molar-refractivity contribution in [2.24, 2.45) is 0 Å². The van der Waals surface area contributed by atoms with E-state index in [0.29, 0.717) is 36.7 Å². The molecule has 0 radical (unpaired) electrons. The molecule has 2 aromatic carbocycles. The van der Waals surface area contributed by atoms with Crippen LogP contribution in [0.5, 0.6) is 5.75 Å². The minimum Gasteiger partial charge on any atom is -0.491 e. The van der Waals surface area contributed by atoms with Crippen molar-refractivity contribution in [3.05, 3.63) is 65.0 Å². The van der Waals surface area contributed by atoms with Crippen LogP contribution in [-0.4, -0.2) is 104 Å². The molecular formula is C30H37N3O10S2. The SMILES string of the molecule is CCn1cc(S(=O)(=O)N2CCC3(CC2)C[C@H](N(C[C@@H](O)COc2cccc(S(C)(=O)=O)c2)C(=O)O)CO3)c(=O)c2ccccc21. The molecule has 0 bridgehead atoms. The normalized spacial score (nSPS) is 19.5. The Bertz CT molecular complexity index is 1850. The van der Waals surface area contributed by atoms with Gasteiger partial charge in [-0.1, -0.05) is 18.2 Å². The van der Waals surface area contributed by atoms with Crippen LogP contribution in [0.2, 0.25) is 0 Å². The summed E-state index contributed by atoms with van der Waals surface area (Å²) in [5.74, 6) is 0.223. The molecule has 1 spiro atoms. The number of carboxylic acid groups (broad SMARTS) is 1. The van der Waals surface area contributed by atoms with Crippen LogP contribution >= 0.6 is 0 Å². The quantitative estimate of drug-likeness (QED) is 0.327. The molecule has 2 atom stereocenters. The lowest BCUT2D eigenvalue weighted by molar-refractivity contribution is -0.0319. The zero-order chi connectivity index (χ0) is 32.6. The lowest BCUT2D eigenvalue weighted by Crippen LogP contribution is -2.49. The summed E-state index contributed by atoms with van der Waals surface area (Å²) in [6, 6.07) is 12.1. The highest BCUT2D eigenvalue weighted by atomic mass is 32.2. The number of nitrogens with zero attached hydrogens (tertiary/aromatic N) is 3. The number of pyridine rings is 1. The Morgan fingerprint density at radius 1 is 1.13 bits per heavy atom. The third-order valence-electron chi connectivity index (χ3n) is 8.51. The van der Waals surface area contributed by atoms with Gasteiger partial charge in [0, 0.05) is 37.5 Å². The first-order valence-electron chi connectivity index (χ1n) is 14.6. The summed E-state index contributed by atoms with van der Waals surface area (Å²) in [5.41, 5.74) is -0.631. The molecule has 2 saturated heterocycles. The summed E-state index contributed by atoms with van der Waals surface area (Å²) < 4.78 is 65.6. The molecule has 5 rings (SSSR count). The van der Waals surface area contributed by atoms with Crippen LogP contribution in [0.15, 0.2) is 69.3 Å². The van der Waals surface area contributed by atoms with Gasteiger partial charge in [0.15, 0.2) is 9.84 Å². The Hall–Kier alpha value is -3.50. The number of aliphatic hydroxyl groups is 1. The molecule has 13 nitrogen and oxygen atoms in total. The lowest BCUT2D eigenvalue weighted by Gasteiger charge is -2.38. The van der Waals surface area contributed by atoms with Gasteiger partial charge in [0.25, 0.3) is 0 Å². The Labute approximate surface area is 261 Å². The van der Waals surface area contributed by atoms with Crippen LogP contribution in [-0.2, 0) is 31.1 Å². The maximum Gasteiger partial charge on any atom is 0.407 e. The first-order valence-corrected chi connectivity index (χ1v) is 17.9. The molecule has 2 aliphatic rings. The van der Waals surface area contributed by atoms with Gasteiger partial charge in [0.1, 0.15) is 23.4 Å². The van der Waals surface area contributed by atoms with Crippen molar-refractivity contribution in [1.29, 1.82) is 0 Å². The number of sulfonamides is 1. The monoisotopic (exact) mass is 663 g/mol. The second-order valence-electron chi connectivity index (χ2n) is 11.5. The summed E-state index contributed by atoms with van der Waals surface area (Å²) in [4.78, 5) is 26.3. The van der Waals surface area contributed by atoms with E-state index in [4.69, 9.17) is 9.47 Å². The van der Waals surface area contributed by atoms with Crippen molar-refractivity contribution in [1.82, 2.24) is 13.8 Å². The van der Waals surface area contributed by atoms with E-state index in [1.165, 1.54) is 34.8 Å². The second kappa shape index (κ2) is 12.7.